The van der Waals surface area contributed by atoms with Crippen LogP contribution in [0.3, 0.4) is 0 Å². The molecule has 1 heterocycles. The first-order valence-corrected chi connectivity index (χ1v) is 11.1. The fraction of sp³-hybridized carbons (Fsp3) is 0. The second-order valence-electron chi connectivity index (χ2n) is 8.25. The van der Waals surface area contributed by atoms with E-state index in [1.165, 1.54) is 18.2 Å². The summed E-state index contributed by atoms with van der Waals surface area (Å²) >= 11 is 0. The third kappa shape index (κ3) is 3.54. The summed E-state index contributed by atoms with van der Waals surface area (Å²) in [6, 6.07) is 30.3. The highest BCUT2D eigenvalue weighted by Gasteiger charge is 2.33. The number of carbonyl (C=O) groups is 2. The standard InChI is InChI=1S/C30H18FNO3/c31-20-12-14-21(15-13-20)32(27-11-5-7-19-6-1-2-8-23(19)27)28-17-16-22(35-28)18-26-29(33)24-9-3-4-10-25(24)30(26)34/h1-18H. The summed E-state index contributed by atoms with van der Waals surface area (Å²) in [5, 5.41) is 2.04. The summed E-state index contributed by atoms with van der Waals surface area (Å²) in [5.74, 6) is -0.123. The van der Waals surface area contributed by atoms with Crippen LogP contribution in [0.1, 0.15) is 26.5 Å². The number of hydrogen-bond donors (Lipinski definition) is 0. The molecule has 5 heteroatoms. The smallest absolute Gasteiger partial charge is 0.205 e. The van der Waals surface area contributed by atoms with Crippen molar-refractivity contribution in [3.63, 3.8) is 0 Å². The van der Waals surface area contributed by atoms with Gasteiger partial charge in [-0.05, 0) is 47.9 Å². The number of benzene rings is 4. The predicted octanol–water partition coefficient (Wildman–Crippen LogP) is 7.50. The Morgan fingerprint density at radius 2 is 1.34 bits per heavy atom. The van der Waals surface area contributed by atoms with Crippen LogP contribution in [0.15, 0.2) is 113 Å². The zero-order chi connectivity index (χ0) is 23.9. The van der Waals surface area contributed by atoms with Gasteiger partial charge in [-0.2, -0.15) is 0 Å². The van der Waals surface area contributed by atoms with Gasteiger partial charge in [0.25, 0.3) is 0 Å². The number of ketones is 2. The van der Waals surface area contributed by atoms with E-state index in [1.54, 1.807) is 48.5 Å². The molecule has 0 saturated carbocycles. The molecule has 0 aliphatic heterocycles. The predicted molar refractivity (Wildman–Crippen MR) is 134 cm³/mol. The van der Waals surface area contributed by atoms with Crippen LogP contribution < -0.4 is 4.90 Å². The Balaban J connectivity index is 1.46. The van der Waals surface area contributed by atoms with Crippen LogP contribution in [0.2, 0.25) is 0 Å². The van der Waals surface area contributed by atoms with Gasteiger partial charge in [-0.3, -0.25) is 14.5 Å². The van der Waals surface area contributed by atoms with Crippen molar-refractivity contribution in [2.24, 2.45) is 0 Å². The average molecular weight is 459 g/mol. The number of carbonyl (C=O) groups excluding carboxylic acids is 2. The Bertz CT molecular complexity index is 1600. The van der Waals surface area contributed by atoms with Gasteiger partial charge in [-0.15, -0.1) is 0 Å². The van der Waals surface area contributed by atoms with Crippen LogP contribution >= 0.6 is 0 Å². The molecule has 0 unspecified atom stereocenters. The molecular formula is C30H18FNO3. The van der Waals surface area contributed by atoms with E-state index < -0.39 is 0 Å². The Morgan fingerprint density at radius 1 is 0.686 bits per heavy atom. The maximum Gasteiger partial charge on any atom is 0.205 e. The van der Waals surface area contributed by atoms with Crippen molar-refractivity contribution < 1.29 is 18.4 Å². The molecule has 0 bridgehead atoms. The van der Waals surface area contributed by atoms with Crippen LogP contribution in [-0.2, 0) is 0 Å². The normalized spacial score (nSPS) is 12.8. The number of fused-ring (bicyclic) bond motifs is 2. The third-order valence-electron chi connectivity index (χ3n) is 6.12. The zero-order valence-electron chi connectivity index (χ0n) is 18.4. The lowest BCUT2D eigenvalue weighted by Gasteiger charge is -2.24. The van der Waals surface area contributed by atoms with Gasteiger partial charge in [-0.1, -0.05) is 60.7 Å². The van der Waals surface area contributed by atoms with Gasteiger partial charge in [0, 0.05) is 28.3 Å². The molecule has 4 nitrogen and oxygen atoms in total. The van der Waals surface area contributed by atoms with Crippen LogP contribution in [0.25, 0.3) is 16.8 Å². The largest absolute Gasteiger partial charge is 0.440 e. The van der Waals surface area contributed by atoms with Gasteiger partial charge in [0.05, 0.1) is 11.3 Å². The zero-order valence-corrected chi connectivity index (χ0v) is 18.4. The van der Waals surface area contributed by atoms with E-state index >= 15 is 0 Å². The first kappa shape index (κ1) is 20.8. The van der Waals surface area contributed by atoms with Gasteiger partial charge in [0.15, 0.2) is 11.6 Å². The molecule has 35 heavy (non-hydrogen) atoms. The van der Waals surface area contributed by atoms with Crippen molar-refractivity contribution >= 4 is 45.7 Å². The molecule has 1 aromatic heterocycles. The Morgan fingerprint density at radius 3 is 2.09 bits per heavy atom. The van der Waals surface area contributed by atoms with E-state index in [0.717, 1.165) is 16.5 Å². The number of anilines is 3. The molecule has 168 valence electrons. The monoisotopic (exact) mass is 459 g/mol. The van der Waals surface area contributed by atoms with Crippen LogP contribution in [0.4, 0.5) is 21.6 Å². The van der Waals surface area contributed by atoms with Gasteiger partial charge < -0.3 is 4.42 Å². The highest BCUT2D eigenvalue weighted by molar-refractivity contribution is 6.41. The average Bonchev–Trinajstić information content (AvgIpc) is 3.44. The van der Waals surface area contributed by atoms with Gasteiger partial charge in [0.2, 0.25) is 5.88 Å². The minimum absolute atomic E-state index is 0.0746. The molecule has 5 aromatic rings. The van der Waals surface area contributed by atoms with Crippen molar-refractivity contribution in [2.75, 3.05) is 4.90 Å². The van der Waals surface area contributed by atoms with Crippen LogP contribution in [0.5, 0.6) is 0 Å². The number of allylic oxidation sites excluding steroid dienone is 1. The summed E-state index contributed by atoms with van der Waals surface area (Å²) in [4.78, 5) is 27.5. The Kier molecular flexibility index (Phi) is 4.89. The fourth-order valence-corrected chi connectivity index (χ4v) is 4.46. The van der Waals surface area contributed by atoms with E-state index in [1.807, 2.05) is 47.4 Å². The second-order valence-corrected chi connectivity index (χ2v) is 8.25. The van der Waals surface area contributed by atoms with Crippen LogP contribution in [-0.4, -0.2) is 11.6 Å². The lowest BCUT2D eigenvalue weighted by Crippen LogP contribution is -2.09. The Hall–Kier alpha value is -4.77. The molecule has 4 aromatic carbocycles. The molecule has 0 atom stereocenters. The summed E-state index contributed by atoms with van der Waals surface area (Å²) in [7, 11) is 0. The molecular weight excluding hydrogens is 441 g/mol. The fourth-order valence-electron chi connectivity index (χ4n) is 4.46. The number of Topliss-reactive ketones (excluding diaryl/α,β-unsaturated/α-hetero) is 2. The topological polar surface area (TPSA) is 50.5 Å². The maximum absolute atomic E-state index is 13.7. The van der Waals surface area contributed by atoms with E-state index in [9.17, 15) is 14.0 Å². The van der Waals surface area contributed by atoms with E-state index in [-0.39, 0.29) is 23.0 Å². The van der Waals surface area contributed by atoms with Crippen molar-refractivity contribution in [3.05, 3.63) is 131 Å². The molecule has 0 amide bonds. The van der Waals surface area contributed by atoms with Crippen LogP contribution in [0, 0.1) is 5.82 Å². The minimum atomic E-state index is -0.339. The summed E-state index contributed by atoms with van der Waals surface area (Å²) in [6.07, 6.45) is 1.49. The molecule has 0 radical (unpaired) electrons. The summed E-state index contributed by atoms with van der Waals surface area (Å²) in [5.41, 5.74) is 2.43. The molecule has 0 saturated heterocycles. The maximum atomic E-state index is 13.7. The second kappa shape index (κ2) is 8.22. The number of halogens is 1. The van der Waals surface area contributed by atoms with Crippen molar-refractivity contribution in [1.29, 1.82) is 0 Å². The molecule has 6 rings (SSSR count). The quantitative estimate of drug-likeness (QED) is 0.206. The molecule has 0 fully saturated rings. The number of furan rings is 1. The highest BCUT2D eigenvalue weighted by Crippen LogP contribution is 2.40. The first-order chi connectivity index (χ1) is 17.1. The lowest BCUT2D eigenvalue weighted by molar-refractivity contribution is 0.0990. The molecule has 0 spiro atoms. The summed E-state index contributed by atoms with van der Waals surface area (Å²) < 4.78 is 19.9. The highest BCUT2D eigenvalue weighted by atomic mass is 19.1. The van der Waals surface area contributed by atoms with Crippen molar-refractivity contribution in [3.8, 4) is 0 Å². The number of rotatable bonds is 4. The third-order valence-corrected chi connectivity index (χ3v) is 6.12. The minimum Gasteiger partial charge on any atom is -0.440 e. The van der Waals surface area contributed by atoms with Gasteiger partial charge in [-0.25, -0.2) is 4.39 Å². The molecule has 0 N–H and O–H groups in total. The number of nitrogens with zero attached hydrogens (tertiary/aromatic N) is 1. The lowest BCUT2D eigenvalue weighted by atomic mass is 10.1. The number of hydrogen-bond acceptors (Lipinski definition) is 4. The van der Waals surface area contributed by atoms with Crippen molar-refractivity contribution in [2.45, 2.75) is 0 Å². The molecule has 1 aliphatic carbocycles. The van der Waals surface area contributed by atoms with Gasteiger partial charge >= 0.3 is 0 Å². The SMILES string of the molecule is O=C1C(=Cc2ccc(N(c3ccc(F)cc3)c3cccc4ccccc34)o2)C(=O)c2ccccc21. The van der Waals surface area contributed by atoms with Gasteiger partial charge in [0.1, 0.15) is 11.6 Å². The van der Waals surface area contributed by atoms with E-state index in [0.29, 0.717) is 28.5 Å². The Labute approximate surface area is 200 Å². The first-order valence-electron chi connectivity index (χ1n) is 11.1. The van der Waals surface area contributed by atoms with E-state index in [2.05, 4.69) is 0 Å². The summed E-state index contributed by atoms with van der Waals surface area (Å²) in [6.45, 7) is 0. The molecule has 1 aliphatic rings. The van der Waals surface area contributed by atoms with Crippen molar-refractivity contribution in [1.82, 2.24) is 0 Å². The van der Waals surface area contributed by atoms with E-state index in [4.69, 9.17) is 4.42 Å².